The van der Waals surface area contributed by atoms with Crippen molar-refractivity contribution in [2.24, 2.45) is 0 Å². The molecule has 1 saturated carbocycles. The van der Waals surface area contributed by atoms with Gasteiger partial charge in [-0.05, 0) is 49.4 Å². The third-order valence-electron chi connectivity index (χ3n) is 5.05. The molecule has 28 heavy (non-hydrogen) atoms. The van der Waals surface area contributed by atoms with Crippen LogP contribution in [0.4, 0.5) is 11.8 Å². The van der Waals surface area contributed by atoms with E-state index in [4.69, 9.17) is 4.74 Å². The molecule has 3 rings (SSSR count). The maximum atomic E-state index is 12.3. The fourth-order valence-electron chi connectivity index (χ4n) is 3.44. The number of anilines is 2. The maximum absolute atomic E-state index is 12.3. The Balaban J connectivity index is 1.43. The first-order chi connectivity index (χ1) is 13.5. The Morgan fingerprint density at radius 2 is 1.79 bits per heavy atom. The van der Waals surface area contributed by atoms with Crippen LogP contribution in [0.2, 0.25) is 0 Å². The van der Waals surface area contributed by atoms with Crippen LogP contribution in [0.1, 0.15) is 31.2 Å². The Hall–Kier alpha value is -2.83. The second-order valence-electron chi connectivity index (χ2n) is 7.42. The van der Waals surface area contributed by atoms with Crippen molar-refractivity contribution < 1.29 is 9.53 Å². The van der Waals surface area contributed by atoms with Crippen molar-refractivity contribution in [3.63, 3.8) is 0 Å². The summed E-state index contributed by atoms with van der Waals surface area (Å²) in [5.41, 5.74) is 0.992. The van der Waals surface area contributed by atoms with Crippen LogP contribution in [-0.2, 0) is 11.2 Å². The van der Waals surface area contributed by atoms with E-state index in [1.807, 2.05) is 49.3 Å². The van der Waals surface area contributed by atoms with E-state index >= 15 is 0 Å². The molecule has 0 bridgehead atoms. The molecule has 0 spiro atoms. The molecular formula is C21H29N5O2. The van der Waals surface area contributed by atoms with E-state index in [1.54, 1.807) is 13.3 Å². The van der Waals surface area contributed by atoms with Crippen molar-refractivity contribution in [3.05, 3.63) is 42.1 Å². The summed E-state index contributed by atoms with van der Waals surface area (Å²) in [6.07, 6.45) is 6.06. The lowest BCUT2D eigenvalue weighted by Crippen LogP contribution is -2.40. The Morgan fingerprint density at radius 1 is 1.11 bits per heavy atom. The molecule has 1 heterocycles. The summed E-state index contributed by atoms with van der Waals surface area (Å²) < 4.78 is 5.15. The van der Waals surface area contributed by atoms with Crippen molar-refractivity contribution in [2.75, 3.05) is 31.4 Å². The summed E-state index contributed by atoms with van der Waals surface area (Å²) in [6, 6.07) is 10.1. The minimum absolute atomic E-state index is 0.0728. The molecule has 1 aliphatic rings. The van der Waals surface area contributed by atoms with Gasteiger partial charge in [-0.15, -0.1) is 0 Å². The first-order valence-electron chi connectivity index (χ1n) is 9.72. The topological polar surface area (TPSA) is 79.4 Å². The second-order valence-corrected chi connectivity index (χ2v) is 7.42. The number of carbonyl (C=O) groups excluding carboxylic acids is 1. The number of carbonyl (C=O) groups is 1. The summed E-state index contributed by atoms with van der Waals surface area (Å²) in [5.74, 6) is 2.42. The number of hydrogen-bond donors (Lipinski definition) is 2. The lowest BCUT2D eigenvalue weighted by Gasteiger charge is -2.29. The molecule has 1 fully saturated rings. The van der Waals surface area contributed by atoms with Crippen molar-refractivity contribution in [1.82, 2.24) is 15.3 Å². The Labute approximate surface area is 166 Å². The molecule has 0 atom stereocenters. The van der Waals surface area contributed by atoms with Gasteiger partial charge in [0.05, 0.1) is 13.5 Å². The van der Waals surface area contributed by atoms with E-state index in [0.29, 0.717) is 18.4 Å². The fourth-order valence-corrected chi connectivity index (χ4v) is 3.44. The molecule has 1 aliphatic carbocycles. The fraction of sp³-hybridized carbons (Fsp3) is 0.476. The highest BCUT2D eigenvalue weighted by Crippen LogP contribution is 2.22. The molecule has 0 unspecified atom stereocenters. The van der Waals surface area contributed by atoms with Gasteiger partial charge >= 0.3 is 0 Å². The van der Waals surface area contributed by atoms with Crippen LogP contribution in [0.3, 0.4) is 0 Å². The average Bonchev–Trinajstić information content (AvgIpc) is 2.70. The van der Waals surface area contributed by atoms with Crippen LogP contribution in [0, 0.1) is 0 Å². The number of benzene rings is 1. The Bertz CT molecular complexity index is 771. The summed E-state index contributed by atoms with van der Waals surface area (Å²) in [4.78, 5) is 23.1. The number of nitrogens with one attached hydrogen (secondary N) is 2. The van der Waals surface area contributed by atoms with Gasteiger partial charge in [0.25, 0.3) is 0 Å². The summed E-state index contributed by atoms with van der Waals surface area (Å²) in [5, 5.41) is 6.60. The van der Waals surface area contributed by atoms with Gasteiger partial charge in [0, 0.05) is 32.4 Å². The van der Waals surface area contributed by atoms with Gasteiger partial charge in [-0.3, -0.25) is 4.79 Å². The molecule has 2 N–H and O–H groups in total. The highest BCUT2D eigenvalue weighted by atomic mass is 16.5. The number of aromatic nitrogens is 2. The molecule has 1 aromatic heterocycles. The van der Waals surface area contributed by atoms with Gasteiger partial charge in [-0.25, -0.2) is 4.98 Å². The van der Waals surface area contributed by atoms with Gasteiger partial charge in [0.2, 0.25) is 11.9 Å². The van der Waals surface area contributed by atoms with Crippen molar-refractivity contribution in [2.45, 2.75) is 44.2 Å². The second kappa shape index (κ2) is 9.39. The molecular weight excluding hydrogens is 354 g/mol. The van der Waals surface area contributed by atoms with Gasteiger partial charge in [-0.1, -0.05) is 12.1 Å². The zero-order chi connectivity index (χ0) is 19.9. The predicted molar refractivity (Wildman–Crippen MR) is 111 cm³/mol. The van der Waals surface area contributed by atoms with Crippen LogP contribution in [0.5, 0.6) is 5.75 Å². The highest BCUT2D eigenvalue weighted by Gasteiger charge is 2.23. The van der Waals surface area contributed by atoms with E-state index in [0.717, 1.165) is 42.8 Å². The van der Waals surface area contributed by atoms with Crippen LogP contribution < -0.4 is 20.3 Å². The molecule has 7 heteroatoms. The van der Waals surface area contributed by atoms with E-state index in [-0.39, 0.29) is 11.9 Å². The normalized spacial score (nSPS) is 19.0. The molecule has 2 aromatic rings. The molecule has 1 aromatic carbocycles. The number of ether oxygens (including phenoxy) is 1. The Morgan fingerprint density at radius 3 is 2.43 bits per heavy atom. The van der Waals surface area contributed by atoms with Crippen LogP contribution in [-0.4, -0.2) is 49.2 Å². The highest BCUT2D eigenvalue weighted by molar-refractivity contribution is 5.78. The average molecular weight is 383 g/mol. The Kier molecular flexibility index (Phi) is 6.68. The maximum Gasteiger partial charge on any atom is 0.224 e. The lowest BCUT2D eigenvalue weighted by molar-refractivity contribution is -0.121. The standard InChI is InChI=1S/C21H29N5O2/c1-26(2)19-12-13-22-21(25-19)24-17-8-6-16(7-9-17)23-20(27)14-15-4-10-18(28-3)11-5-15/h4-5,10-13,16-17H,6-9,14H2,1-3H3,(H,23,27)(H,22,24,25)/t16-,17+. The SMILES string of the molecule is COc1ccc(CC(=O)N[C@H]2CC[C@@H](Nc3nccc(N(C)C)n3)CC2)cc1. The van der Waals surface area contributed by atoms with Gasteiger partial charge in [0.1, 0.15) is 11.6 Å². The third kappa shape index (κ3) is 5.58. The van der Waals surface area contributed by atoms with E-state index in [2.05, 4.69) is 20.6 Å². The number of methoxy groups -OCH3 is 1. The zero-order valence-electron chi connectivity index (χ0n) is 16.8. The first kappa shape index (κ1) is 19.9. The molecule has 0 saturated heterocycles. The summed E-state index contributed by atoms with van der Waals surface area (Å²) in [7, 11) is 5.57. The van der Waals surface area contributed by atoms with Gasteiger partial charge in [0.15, 0.2) is 0 Å². The molecule has 7 nitrogen and oxygen atoms in total. The number of rotatable bonds is 7. The summed E-state index contributed by atoms with van der Waals surface area (Å²) in [6.45, 7) is 0. The third-order valence-corrected chi connectivity index (χ3v) is 5.05. The van der Waals surface area contributed by atoms with Crippen LogP contribution >= 0.6 is 0 Å². The van der Waals surface area contributed by atoms with Crippen molar-refractivity contribution in [1.29, 1.82) is 0 Å². The smallest absolute Gasteiger partial charge is 0.224 e. The van der Waals surface area contributed by atoms with Crippen LogP contribution in [0.25, 0.3) is 0 Å². The molecule has 1 amide bonds. The van der Waals surface area contributed by atoms with Crippen molar-refractivity contribution in [3.8, 4) is 5.75 Å². The predicted octanol–water partition coefficient (Wildman–Crippen LogP) is 2.63. The largest absolute Gasteiger partial charge is 0.497 e. The number of hydrogen-bond acceptors (Lipinski definition) is 6. The minimum atomic E-state index is 0.0728. The van der Waals surface area contributed by atoms with Crippen molar-refractivity contribution >= 4 is 17.7 Å². The number of amides is 1. The van der Waals surface area contributed by atoms with E-state index in [1.165, 1.54) is 0 Å². The molecule has 150 valence electrons. The molecule has 0 radical (unpaired) electrons. The number of nitrogens with zero attached hydrogens (tertiary/aromatic N) is 3. The van der Waals surface area contributed by atoms with E-state index < -0.39 is 0 Å². The van der Waals surface area contributed by atoms with Crippen LogP contribution in [0.15, 0.2) is 36.5 Å². The molecule has 0 aliphatic heterocycles. The first-order valence-corrected chi connectivity index (χ1v) is 9.72. The van der Waals surface area contributed by atoms with Gasteiger partial charge in [-0.2, -0.15) is 4.98 Å². The monoisotopic (exact) mass is 383 g/mol. The lowest BCUT2D eigenvalue weighted by atomic mass is 9.91. The zero-order valence-corrected chi connectivity index (χ0v) is 16.8. The summed E-state index contributed by atoms with van der Waals surface area (Å²) >= 11 is 0. The van der Waals surface area contributed by atoms with Gasteiger partial charge < -0.3 is 20.3 Å². The quantitative estimate of drug-likeness (QED) is 0.765. The van der Waals surface area contributed by atoms with E-state index in [9.17, 15) is 4.79 Å². The minimum Gasteiger partial charge on any atom is -0.497 e.